The Bertz CT molecular complexity index is 2000. The number of hydrogen-bond acceptors (Lipinski definition) is 9. The van der Waals surface area contributed by atoms with E-state index >= 15 is 4.79 Å². The first-order chi connectivity index (χ1) is 25.5. The van der Waals surface area contributed by atoms with Gasteiger partial charge in [-0.2, -0.15) is 0 Å². The number of anilines is 1. The fourth-order valence-corrected chi connectivity index (χ4v) is 13.1. The molecule has 9 rings (SSSR count). The van der Waals surface area contributed by atoms with Crippen LogP contribution in [0.4, 0.5) is 5.69 Å². The number of carbonyl (C=O) groups is 1. The third-order valence-electron chi connectivity index (χ3n) is 15.0. The summed E-state index contributed by atoms with van der Waals surface area (Å²) in [6.07, 6.45) is 9.07. The number of benzene rings is 2. The van der Waals surface area contributed by atoms with Gasteiger partial charge in [0.25, 0.3) is 0 Å². The molecule has 1 aromatic heterocycles. The summed E-state index contributed by atoms with van der Waals surface area (Å²) in [6, 6.07) is 12.4. The summed E-state index contributed by atoms with van der Waals surface area (Å²) in [5, 5.41) is 36.8. The normalized spacial score (nSPS) is 38.7. The van der Waals surface area contributed by atoms with Gasteiger partial charge in [0.1, 0.15) is 16.8 Å². The summed E-state index contributed by atoms with van der Waals surface area (Å²) in [5.74, 6) is 0.227. The van der Waals surface area contributed by atoms with E-state index in [9.17, 15) is 15.3 Å². The molecular weight excluding hydrogens is 668 g/mol. The molecule has 4 N–H and O–H groups in total. The highest BCUT2D eigenvalue weighted by Crippen LogP contribution is 2.67. The molecule has 6 heterocycles. The SMILES string of the molecule is CC[C@]1(O)C[C@H]2CN(CCc3c([nH]c4ccccc34)[C@@](C(=O)OC)(c3cc4c(cc3OC)N(C)[C@H]3[C@@](O)(CO)C[C@]5(CC)C=CCN6CC[C@]43[C@@H]65)C2)C1. The van der Waals surface area contributed by atoms with Crippen molar-refractivity contribution in [3.63, 3.8) is 0 Å². The number of carbonyl (C=O) groups excluding carboxylic acids is 1. The maximum atomic E-state index is 15.2. The molecule has 284 valence electrons. The molecule has 2 aromatic carbocycles. The zero-order valence-corrected chi connectivity index (χ0v) is 32.0. The van der Waals surface area contributed by atoms with Gasteiger partial charge in [-0.15, -0.1) is 0 Å². The zero-order valence-electron chi connectivity index (χ0n) is 32.0. The van der Waals surface area contributed by atoms with Crippen molar-refractivity contribution in [2.24, 2.45) is 11.3 Å². The number of rotatable bonds is 6. The minimum Gasteiger partial charge on any atom is -0.496 e. The average Bonchev–Trinajstić information content (AvgIpc) is 3.83. The van der Waals surface area contributed by atoms with E-state index in [-0.39, 0.29) is 36.0 Å². The Morgan fingerprint density at radius 1 is 1.04 bits per heavy atom. The molecule has 5 aliphatic heterocycles. The smallest absolute Gasteiger partial charge is 0.322 e. The second-order valence-corrected chi connectivity index (χ2v) is 17.5. The van der Waals surface area contributed by atoms with E-state index in [1.165, 1.54) is 7.11 Å². The first-order valence-corrected chi connectivity index (χ1v) is 19.8. The first-order valence-electron chi connectivity index (χ1n) is 19.8. The summed E-state index contributed by atoms with van der Waals surface area (Å²) in [4.78, 5) is 26.1. The Morgan fingerprint density at radius 2 is 1.85 bits per heavy atom. The third kappa shape index (κ3) is 4.59. The molecule has 6 aliphatic rings. The number of para-hydroxylation sites is 1. The maximum Gasteiger partial charge on any atom is 0.322 e. The van der Waals surface area contributed by atoms with Crippen molar-refractivity contribution < 1.29 is 29.6 Å². The number of nitrogens with zero attached hydrogens (tertiary/aromatic N) is 3. The molecule has 1 spiro atoms. The molecule has 1 unspecified atom stereocenters. The highest BCUT2D eigenvalue weighted by molar-refractivity contribution is 5.94. The number of nitrogens with one attached hydrogen (secondary N) is 1. The van der Waals surface area contributed by atoms with Crippen molar-refractivity contribution in [3.05, 3.63) is 70.9 Å². The topological polar surface area (TPSA) is 122 Å². The van der Waals surface area contributed by atoms with Crippen molar-refractivity contribution in [1.82, 2.24) is 14.8 Å². The number of aliphatic hydroxyl groups is 3. The fourth-order valence-electron chi connectivity index (χ4n) is 13.1. The lowest BCUT2D eigenvalue weighted by molar-refractivity contribution is -0.147. The van der Waals surface area contributed by atoms with E-state index in [0.717, 1.165) is 78.0 Å². The Morgan fingerprint density at radius 3 is 2.58 bits per heavy atom. The highest BCUT2D eigenvalue weighted by Gasteiger charge is 2.73. The molecule has 10 heteroatoms. The number of methoxy groups -OCH3 is 2. The lowest BCUT2D eigenvalue weighted by atomic mass is 9.49. The number of aromatic nitrogens is 1. The van der Waals surface area contributed by atoms with Gasteiger partial charge >= 0.3 is 5.97 Å². The van der Waals surface area contributed by atoms with Crippen LogP contribution >= 0.6 is 0 Å². The molecule has 2 bridgehead atoms. The van der Waals surface area contributed by atoms with Crippen LogP contribution in [0.25, 0.3) is 10.9 Å². The largest absolute Gasteiger partial charge is 0.496 e. The molecule has 53 heavy (non-hydrogen) atoms. The molecule has 0 amide bonds. The van der Waals surface area contributed by atoms with E-state index in [0.29, 0.717) is 44.4 Å². The van der Waals surface area contributed by atoms with Crippen LogP contribution in [0.15, 0.2) is 48.6 Å². The van der Waals surface area contributed by atoms with Crippen LogP contribution in [0, 0.1) is 11.3 Å². The predicted molar refractivity (Wildman–Crippen MR) is 205 cm³/mol. The zero-order chi connectivity index (χ0) is 37.1. The monoisotopic (exact) mass is 724 g/mol. The maximum absolute atomic E-state index is 15.2. The number of aliphatic hydroxyl groups excluding tert-OH is 1. The van der Waals surface area contributed by atoms with Gasteiger partial charge in [0.15, 0.2) is 0 Å². The molecule has 3 aromatic rings. The Balaban J connectivity index is 1.35. The second-order valence-electron chi connectivity index (χ2n) is 17.5. The predicted octanol–water partition coefficient (Wildman–Crippen LogP) is 4.27. The third-order valence-corrected chi connectivity index (χ3v) is 15.0. The Hall–Kier alpha value is -3.41. The van der Waals surface area contributed by atoms with Crippen molar-refractivity contribution >= 4 is 22.6 Å². The number of H-pyrrole nitrogens is 1. The standard InChI is InChI=1S/C43H56N4O6/c1-6-39-14-10-16-47-18-15-42(36(39)47)30-19-31(34(52-4)20-33(30)45(3)37(42)41(51,24-39)26-48)43(38(49)53-5)22-27-21-40(50,7-2)25-46(23-27)17-13-29-28-11-8-9-12-32(28)44-35(29)43/h8-12,14,19-20,27,36-37,44,48,50-51H,6-7,13,15-18,21-26H2,1-5H3/t27-,36+,37+,39+,40+,41+,42-,43+/m1/s1. The summed E-state index contributed by atoms with van der Waals surface area (Å²) in [6.45, 7) is 7.81. The number of likely N-dealkylation sites (N-methyl/N-ethyl adjacent to an activating group) is 1. The number of aromatic amines is 1. The van der Waals surface area contributed by atoms with E-state index < -0.39 is 22.0 Å². The number of hydrogen-bond donors (Lipinski definition) is 4. The van der Waals surface area contributed by atoms with Crippen molar-refractivity contribution in [2.75, 3.05) is 65.5 Å². The Kier molecular flexibility index (Phi) is 8.02. The minimum atomic E-state index is -1.36. The lowest BCUT2D eigenvalue weighted by Gasteiger charge is -2.61. The van der Waals surface area contributed by atoms with Crippen LogP contribution < -0.4 is 9.64 Å². The van der Waals surface area contributed by atoms with Crippen LogP contribution in [0.1, 0.15) is 74.8 Å². The van der Waals surface area contributed by atoms with Gasteiger partial charge in [-0.25, -0.2) is 0 Å². The van der Waals surface area contributed by atoms with Crippen molar-refractivity contribution in [3.8, 4) is 5.75 Å². The molecule has 9 atom stereocenters. The molecule has 2 saturated heterocycles. The summed E-state index contributed by atoms with van der Waals surface area (Å²) >= 11 is 0. The van der Waals surface area contributed by atoms with Gasteiger partial charge in [-0.3, -0.25) is 14.6 Å². The van der Waals surface area contributed by atoms with Crippen molar-refractivity contribution in [2.45, 2.75) is 92.9 Å². The number of piperidine rings is 1. The van der Waals surface area contributed by atoms with Crippen molar-refractivity contribution in [1.29, 1.82) is 0 Å². The molecule has 0 radical (unpaired) electrons. The van der Waals surface area contributed by atoms with Crippen LogP contribution in [-0.2, 0) is 26.8 Å². The van der Waals surface area contributed by atoms with E-state index in [2.05, 4.69) is 76.0 Å². The van der Waals surface area contributed by atoms with Crippen LogP contribution in [0.5, 0.6) is 5.75 Å². The fraction of sp³-hybridized carbons (Fsp3) is 0.605. The Labute approximate surface area is 312 Å². The van der Waals surface area contributed by atoms with Gasteiger partial charge in [0, 0.05) is 84.0 Å². The first kappa shape index (κ1) is 35.3. The van der Waals surface area contributed by atoms with E-state index in [1.54, 1.807) is 7.11 Å². The molecule has 1 aliphatic carbocycles. The van der Waals surface area contributed by atoms with E-state index in [1.807, 2.05) is 13.1 Å². The summed E-state index contributed by atoms with van der Waals surface area (Å²) in [5.41, 5.74) is 1.37. The number of esters is 1. The van der Waals surface area contributed by atoms with Crippen LogP contribution in [0.3, 0.4) is 0 Å². The van der Waals surface area contributed by atoms with Gasteiger partial charge in [0.05, 0.1) is 32.5 Å². The lowest BCUT2D eigenvalue weighted by Crippen LogP contribution is -2.73. The van der Waals surface area contributed by atoms with Crippen LogP contribution in [-0.4, -0.2) is 120 Å². The quantitative estimate of drug-likeness (QED) is 0.218. The number of fused-ring (bicyclic) bond motifs is 6. The van der Waals surface area contributed by atoms with Gasteiger partial charge in [-0.05, 0) is 80.7 Å². The summed E-state index contributed by atoms with van der Waals surface area (Å²) in [7, 11) is 5.20. The van der Waals surface area contributed by atoms with Crippen LogP contribution in [0.2, 0.25) is 0 Å². The van der Waals surface area contributed by atoms with Gasteiger partial charge < -0.3 is 34.7 Å². The molecule has 3 fully saturated rings. The molecule has 1 saturated carbocycles. The van der Waals surface area contributed by atoms with Gasteiger partial charge in [-0.1, -0.05) is 44.2 Å². The van der Waals surface area contributed by atoms with Gasteiger partial charge in [0.2, 0.25) is 0 Å². The molecule has 10 nitrogen and oxygen atoms in total. The number of ether oxygens (including phenoxy) is 2. The molecular formula is C43H56N4O6. The summed E-state index contributed by atoms with van der Waals surface area (Å²) < 4.78 is 12.3. The second kappa shape index (κ2) is 12.0. The average molecular weight is 725 g/mol. The minimum absolute atomic E-state index is 0.0101. The highest BCUT2D eigenvalue weighted by atomic mass is 16.5. The van der Waals surface area contributed by atoms with E-state index in [4.69, 9.17) is 9.47 Å².